The second kappa shape index (κ2) is 5.33. The Labute approximate surface area is 118 Å². The van der Waals surface area contributed by atoms with Gasteiger partial charge in [-0.3, -0.25) is 4.99 Å². The molecule has 0 spiro atoms. The molecule has 0 unspecified atom stereocenters. The van der Waals surface area contributed by atoms with Gasteiger partial charge in [-0.15, -0.1) is 0 Å². The van der Waals surface area contributed by atoms with Crippen molar-refractivity contribution in [2.24, 2.45) is 4.99 Å². The zero-order chi connectivity index (χ0) is 13.9. The van der Waals surface area contributed by atoms with Crippen LogP contribution < -0.4 is 0 Å². The second-order valence-corrected chi connectivity index (χ2v) is 4.93. The quantitative estimate of drug-likeness (QED) is 0.704. The first-order valence-electron chi connectivity index (χ1n) is 6.82. The smallest absolute Gasteiger partial charge is 0.134 e. The van der Waals surface area contributed by atoms with E-state index in [1.165, 1.54) is 5.57 Å². The second-order valence-electron chi connectivity index (χ2n) is 4.93. The Morgan fingerprint density at radius 2 is 2.15 bits per heavy atom. The maximum Gasteiger partial charge on any atom is 0.134 e. The highest BCUT2D eigenvalue weighted by Gasteiger charge is 2.16. The molecule has 0 amide bonds. The molecule has 100 valence electrons. The van der Waals surface area contributed by atoms with Gasteiger partial charge in [-0.2, -0.15) is 0 Å². The van der Waals surface area contributed by atoms with Crippen LogP contribution in [0.3, 0.4) is 0 Å². The summed E-state index contributed by atoms with van der Waals surface area (Å²) >= 11 is 0. The van der Waals surface area contributed by atoms with Gasteiger partial charge in [0.1, 0.15) is 11.3 Å². The van der Waals surface area contributed by atoms with Crippen LogP contribution in [0.25, 0.3) is 16.5 Å². The Kier molecular flexibility index (Phi) is 3.38. The van der Waals surface area contributed by atoms with E-state index >= 15 is 0 Å². The number of hydrogen-bond donors (Lipinski definition) is 0. The monoisotopic (exact) mass is 263 g/mol. The molecular weight excluding hydrogens is 246 g/mol. The van der Waals surface area contributed by atoms with E-state index in [1.54, 1.807) is 0 Å². The first kappa shape index (κ1) is 12.7. The van der Waals surface area contributed by atoms with Crippen LogP contribution in [-0.4, -0.2) is 5.71 Å². The van der Waals surface area contributed by atoms with Crippen LogP contribution in [0.5, 0.6) is 0 Å². The zero-order valence-electron chi connectivity index (χ0n) is 11.8. The van der Waals surface area contributed by atoms with Gasteiger partial charge in [-0.05, 0) is 31.6 Å². The molecule has 20 heavy (non-hydrogen) atoms. The molecule has 1 aromatic carbocycles. The summed E-state index contributed by atoms with van der Waals surface area (Å²) < 4.78 is 5.89. The first-order chi connectivity index (χ1) is 9.78. The van der Waals surface area contributed by atoms with E-state index < -0.39 is 0 Å². The van der Waals surface area contributed by atoms with Crippen LogP contribution in [0.1, 0.15) is 26.0 Å². The summed E-state index contributed by atoms with van der Waals surface area (Å²) in [5.74, 6) is 0.920. The fraction of sp³-hybridized carbons (Fsp3) is 0.167. The average molecular weight is 263 g/mol. The van der Waals surface area contributed by atoms with E-state index in [1.807, 2.05) is 43.5 Å². The predicted octanol–water partition coefficient (Wildman–Crippen LogP) is 5.14. The van der Waals surface area contributed by atoms with Gasteiger partial charge in [0, 0.05) is 29.3 Å². The minimum Gasteiger partial charge on any atom is -0.456 e. The maximum atomic E-state index is 5.89. The van der Waals surface area contributed by atoms with Gasteiger partial charge < -0.3 is 4.42 Å². The Bertz CT molecular complexity index is 724. The molecule has 2 heterocycles. The van der Waals surface area contributed by atoms with Crippen LogP contribution in [-0.2, 0) is 0 Å². The Morgan fingerprint density at radius 3 is 2.95 bits per heavy atom. The lowest BCUT2D eigenvalue weighted by molar-refractivity contribution is 0.598. The molecule has 0 fully saturated rings. The van der Waals surface area contributed by atoms with Crippen LogP contribution in [0.15, 0.2) is 69.7 Å². The van der Waals surface area contributed by atoms with Gasteiger partial charge in [-0.25, -0.2) is 0 Å². The number of para-hydroxylation sites is 1. The number of furan rings is 1. The van der Waals surface area contributed by atoms with Gasteiger partial charge >= 0.3 is 0 Å². The van der Waals surface area contributed by atoms with Crippen molar-refractivity contribution in [3.63, 3.8) is 0 Å². The summed E-state index contributed by atoms with van der Waals surface area (Å²) in [5.41, 5.74) is 4.38. The van der Waals surface area contributed by atoms with Crippen molar-refractivity contribution in [3.05, 3.63) is 66.1 Å². The molecule has 2 aromatic rings. The van der Waals surface area contributed by atoms with Gasteiger partial charge in [0.05, 0.1) is 0 Å². The maximum absolute atomic E-state index is 5.89. The van der Waals surface area contributed by atoms with Crippen LogP contribution in [0.2, 0.25) is 0 Å². The van der Waals surface area contributed by atoms with Crippen molar-refractivity contribution in [3.8, 4) is 0 Å². The number of benzene rings is 1. The molecule has 0 aliphatic carbocycles. The van der Waals surface area contributed by atoms with Crippen molar-refractivity contribution in [2.75, 3.05) is 0 Å². The molecule has 1 aliphatic heterocycles. The van der Waals surface area contributed by atoms with Gasteiger partial charge in [0.2, 0.25) is 0 Å². The van der Waals surface area contributed by atoms with Gasteiger partial charge in [0.15, 0.2) is 0 Å². The minimum absolute atomic E-state index is 0.833. The lowest BCUT2D eigenvalue weighted by atomic mass is 10.0. The number of fused-ring (bicyclic) bond motifs is 1. The number of aliphatic imine (C=N–C) groups is 1. The third kappa shape index (κ3) is 2.37. The first-order valence-corrected chi connectivity index (χ1v) is 6.82. The molecule has 0 N–H and O–H groups in total. The Hall–Kier alpha value is -2.35. The number of rotatable bonds is 3. The van der Waals surface area contributed by atoms with Gasteiger partial charge in [0.25, 0.3) is 0 Å². The largest absolute Gasteiger partial charge is 0.456 e. The molecule has 0 saturated carbocycles. The van der Waals surface area contributed by atoms with Gasteiger partial charge in [-0.1, -0.05) is 36.4 Å². The molecule has 1 aromatic heterocycles. The molecule has 0 atom stereocenters. The zero-order valence-corrected chi connectivity index (χ0v) is 11.8. The van der Waals surface area contributed by atoms with E-state index in [9.17, 15) is 0 Å². The average Bonchev–Trinajstić information content (AvgIpc) is 3.10. The fourth-order valence-electron chi connectivity index (χ4n) is 2.30. The minimum atomic E-state index is 0.833. The number of nitrogens with zero attached hydrogens (tertiary/aromatic N) is 1. The molecule has 0 radical (unpaired) electrons. The van der Waals surface area contributed by atoms with Crippen molar-refractivity contribution < 1.29 is 4.42 Å². The van der Waals surface area contributed by atoms with E-state index in [2.05, 4.69) is 30.1 Å². The molecular formula is C18H17NO. The van der Waals surface area contributed by atoms with Crippen molar-refractivity contribution >= 4 is 22.3 Å². The highest BCUT2D eigenvalue weighted by atomic mass is 16.3. The van der Waals surface area contributed by atoms with Crippen molar-refractivity contribution in [2.45, 2.75) is 20.3 Å². The number of allylic oxidation sites excluding steroid dienone is 5. The Balaban J connectivity index is 1.82. The SMILES string of the molecule is C/C=C\C=C(\C)C1=NC=C(c2cc3ccccc3o2)C1. The van der Waals surface area contributed by atoms with Crippen LogP contribution in [0.4, 0.5) is 0 Å². The van der Waals surface area contributed by atoms with Crippen molar-refractivity contribution in [1.29, 1.82) is 0 Å². The van der Waals surface area contributed by atoms with E-state index in [0.717, 1.165) is 34.4 Å². The molecule has 0 saturated heterocycles. The molecule has 1 aliphatic rings. The summed E-state index contributed by atoms with van der Waals surface area (Å²) in [5, 5.41) is 1.14. The summed E-state index contributed by atoms with van der Waals surface area (Å²) in [7, 11) is 0. The normalized spacial score (nSPS) is 16.0. The lowest BCUT2D eigenvalue weighted by Crippen LogP contribution is -1.96. The summed E-state index contributed by atoms with van der Waals surface area (Å²) in [6.45, 7) is 4.10. The highest BCUT2D eigenvalue weighted by molar-refractivity contribution is 6.08. The Morgan fingerprint density at radius 1 is 1.30 bits per heavy atom. The van der Waals surface area contributed by atoms with E-state index in [0.29, 0.717) is 0 Å². The molecule has 2 nitrogen and oxygen atoms in total. The van der Waals surface area contributed by atoms with E-state index in [-0.39, 0.29) is 0 Å². The molecule has 0 bridgehead atoms. The summed E-state index contributed by atoms with van der Waals surface area (Å²) in [6, 6.07) is 10.2. The van der Waals surface area contributed by atoms with Crippen molar-refractivity contribution in [1.82, 2.24) is 0 Å². The fourth-order valence-corrected chi connectivity index (χ4v) is 2.30. The van der Waals surface area contributed by atoms with E-state index in [4.69, 9.17) is 4.42 Å². The van der Waals surface area contributed by atoms with Crippen LogP contribution >= 0.6 is 0 Å². The lowest BCUT2D eigenvalue weighted by Gasteiger charge is -2.00. The predicted molar refractivity (Wildman–Crippen MR) is 84.8 cm³/mol. The molecule has 2 heteroatoms. The van der Waals surface area contributed by atoms with Crippen LogP contribution in [0, 0.1) is 0 Å². The standard InChI is InChI=1S/C18H17NO/c1-3-4-7-13(2)16-10-15(12-19-16)18-11-14-8-5-6-9-17(14)20-18/h3-9,11-12H,10H2,1-2H3/b4-3-,13-7-. The number of hydrogen-bond acceptors (Lipinski definition) is 2. The summed E-state index contributed by atoms with van der Waals surface area (Å²) in [4.78, 5) is 4.51. The highest BCUT2D eigenvalue weighted by Crippen LogP contribution is 2.30. The third-order valence-corrected chi connectivity index (χ3v) is 3.47. The third-order valence-electron chi connectivity index (χ3n) is 3.47. The topological polar surface area (TPSA) is 25.5 Å². The summed E-state index contributed by atoms with van der Waals surface area (Å²) in [6.07, 6.45) is 8.90. The molecule has 3 rings (SSSR count).